The first kappa shape index (κ1) is 19.7. The minimum absolute atomic E-state index is 0.0644. The lowest BCUT2D eigenvalue weighted by molar-refractivity contribution is -0.383. The molecule has 0 aliphatic heterocycles. The zero-order chi connectivity index (χ0) is 20.8. The summed E-state index contributed by atoms with van der Waals surface area (Å²) in [6.07, 6.45) is 1.27. The lowest BCUT2D eigenvalue weighted by Gasteiger charge is -2.09. The SMILES string of the molecule is CCOc1ccc(-c2cc(=O)n(CC(=O)Nc3ccccc3[N+](=O)[O-])cn2)cc1. The summed E-state index contributed by atoms with van der Waals surface area (Å²) < 4.78 is 6.51. The molecule has 0 radical (unpaired) electrons. The first-order chi connectivity index (χ1) is 14.0. The molecule has 1 heterocycles. The van der Waals surface area contributed by atoms with Gasteiger partial charge in [0.1, 0.15) is 18.0 Å². The van der Waals surface area contributed by atoms with Gasteiger partial charge in [0.25, 0.3) is 11.2 Å². The van der Waals surface area contributed by atoms with Crippen molar-refractivity contribution in [3.05, 3.63) is 81.4 Å². The minimum Gasteiger partial charge on any atom is -0.494 e. The van der Waals surface area contributed by atoms with E-state index in [1.165, 1.54) is 30.6 Å². The lowest BCUT2D eigenvalue weighted by atomic mass is 10.1. The molecule has 3 aromatic rings. The Morgan fingerprint density at radius 3 is 2.59 bits per heavy atom. The monoisotopic (exact) mass is 394 g/mol. The molecule has 0 saturated carbocycles. The Balaban J connectivity index is 1.73. The maximum Gasteiger partial charge on any atom is 0.292 e. The van der Waals surface area contributed by atoms with Crippen molar-refractivity contribution in [2.24, 2.45) is 0 Å². The molecule has 0 bridgehead atoms. The van der Waals surface area contributed by atoms with Crippen LogP contribution in [0.15, 0.2) is 65.7 Å². The average Bonchev–Trinajstić information content (AvgIpc) is 2.70. The van der Waals surface area contributed by atoms with Crippen LogP contribution in [0, 0.1) is 10.1 Å². The number of nitro groups is 1. The van der Waals surface area contributed by atoms with E-state index in [4.69, 9.17) is 4.74 Å². The molecular formula is C20H18N4O5. The molecule has 3 rings (SSSR count). The number of carbonyl (C=O) groups is 1. The van der Waals surface area contributed by atoms with Gasteiger partial charge in [-0.2, -0.15) is 0 Å². The van der Waals surface area contributed by atoms with Crippen molar-refractivity contribution >= 4 is 17.3 Å². The number of nitrogens with zero attached hydrogens (tertiary/aromatic N) is 3. The average molecular weight is 394 g/mol. The highest BCUT2D eigenvalue weighted by atomic mass is 16.6. The number of nitrogens with one attached hydrogen (secondary N) is 1. The Kier molecular flexibility index (Phi) is 5.98. The van der Waals surface area contributed by atoms with Gasteiger partial charge < -0.3 is 10.1 Å². The number of para-hydroxylation sites is 2. The number of hydrogen-bond donors (Lipinski definition) is 1. The van der Waals surface area contributed by atoms with E-state index in [1.54, 1.807) is 30.3 Å². The van der Waals surface area contributed by atoms with Crippen molar-refractivity contribution in [1.29, 1.82) is 0 Å². The summed E-state index contributed by atoms with van der Waals surface area (Å²) in [5, 5.41) is 13.5. The molecule has 0 aliphatic carbocycles. The highest BCUT2D eigenvalue weighted by molar-refractivity contribution is 5.92. The number of rotatable bonds is 7. The van der Waals surface area contributed by atoms with Crippen molar-refractivity contribution in [2.45, 2.75) is 13.5 Å². The molecule has 1 N–H and O–H groups in total. The highest BCUT2D eigenvalue weighted by Gasteiger charge is 2.15. The van der Waals surface area contributed by atoms with Gasteiger partial charge in [-0.1, -0.05) is 12.1 Å². The van der Waals surface area contributed by atoms with Gasteiger partial charge in [0, 0.05) is 17.7 Å². The molecule has 1 amide bonds. The van der Waals surface area contributed by atoms with E-state index < -0.39 is 16.4 Å². The van der Waals surface area contributed by atoms with E-state index in [2.05, 4.69) is 10.3 Å². The molecular weight excluding hydrogens is 376 g/mol. The Hall–Kier alpha value is -4.01. The Morgan fingerprint density at radius 2 is 1.93 bits per heavy atom. The first-order valence-corrected chi connectivity index (χ1v) is 8.81. The minimum atomic E-state index is -0.588. The Morgan fingerprint density at radius 1 is 1.21 bits per heavy atom. The maximum absolute atomic E-state index is 12.4. The van der Waals surface area contributed by atoms with Crippen LogP contribution < -0.4 is 15.6 Å². The predicted octanol–water partition coefficient (Wildman–Crippen LogP) is 2.86. The second-order valence-corrected chi connectivity index (χ2v) is 6.02. The number of hydrogen-bond acceptors (Lipinski definition) is 6. The van der Waals surface area contributed by atoms with E-state index in [9.17, 15) is 19.7 Å². The largest absolute Gasteiger partial charge is 0.494 e. The van der Waals surface area contributed by atoms with Gasteiger partial charge in [0.05, 0.1) is 23.6 Å². The van der Waals surface area contributed by atoms with Crippen LogP contribution in [0.25, 0.3) is 11.3 Å². The zero-order valence-corrected chi connectivity index (χ0v) is 15.6. The van der Waals surface area contributed by atoms with Crippen molar-refractivity contribution < 1.29 is 14.5 Å². The van der Waals surface area contributed by atoms with Crippen LogP contribution in [0.3, 0.4) is 0 Å². The van der Waals surface area contributed by atoms with Gasteiger partial charge in [0.2, 0.25) is 5.91 Å². The van der Waals surface area contributed by atoms with E-state index in [0.717, 1.165) is 15.9 Å². The molecule has 0 fully saturated rings. The van der Waals surface area contributed by atoms with Gasteiger partial charge in [0.15, 0.2) is 0 Å². The third-order valence-corrected chi connectivity index (χ3v) is 4.03. The molecule has 0 unspecified atom stereocenters. The lowest BCUT2D eigenvalue weighted by Crippen LogP contribution is -2.27. The van der Waals surface area contributed by atoms with E-state index in [-0.39, 0.29) is 17.9 Å². The molecule has 0 atom stereocenters. The molecule has 148 valence electrons. The first-order valence-electron chi connectivity index (χ1n) is 8.81. The van der Waals surface area contributed by atoms with Crippen LogP contribution in [0.4, 0.5) is 11.4 Å². The number of anilines is 1. The molecule has 0 aliphatic rings. The highest BCUT2D eigenvalue weighted by Crippen LogP contribution is 2.23. The summed E-state index contributed by atoms with van der Waals surface area (Å²) >= 11 is 0. The number of benzene rings is 2. The van der Waals surface area contributed by atoms with Gasteiger partial charge in [-0.15, -0.1) is 0 Å². The Labute approximate surface area is 165 Å². The van der Waals surface area contributed by atoms with Crippen LogP contribution in [0.1, 0.15) is 6.92 Å². The van der Waals surface area contributed by atoms with Crippen molar-refractivity contribution in [3.8, 4) is 17.0 Å². The molecule has 9 heteroatoms. The molecule has 2 aromatic carbocycles. The van der Waals surface area contributed by atoms with Crippen LogP contribution >= 0.6 is 0 Å². The molecule has 1 aromatic heterocycles. The number of carbonyl (C=O) groups excluding carboxylic acids is 1. The van der Waals surface area contributed by atoms with E-state index in [1.807, 2.05) is 6.92 Å². The molecule has 0 spiro atoms. The quantitative estimate of drug-likeness (QED) is 0.486. The van der Waals surface area contributed by atoms with Gasteiger partial charge in [-0.25, -0.2) is 4.98 Å². The topological polar surface area (TPSA) is 116 Å². The number of amides is 1. The van der Waals surface area contributed by atoms with Crippen LogP contribution in [0.5, 0.6) is 5.75 Å². The van der Waals surface area contributed by atoms with E-state index in [0.29, 0.717) is 12.3 Å². The van der Waals surface area contributed by atoms with Crippen molar-refractivity contribution in [3.63, 3.8) is 0 Å². The fraction of sp³-hybridized carbons (Fsp3) is 0.150. The van der Waals surface area contributed by atoms with E-state index >= 15 is 0 Å². The summed E-state index contributed by atoms with van der Waals surface area (Å²) in [6.45, 7) is 2.13. The second kappa shape index (κ2) is 8.79. The third-order valence-electron chi connectivity index (χ3n) is 4.03. The molecule has 0 saturated heterocycles. The summed E-state index contributed by atoms with van der Waals surface area (Å²) in [4.78, 5) is 39.2. The molecule has 9 nitrogen and oxygen atoms in total. The number of aromatic nitrogens is 2. The zero-order valence-electron chi connectivity index (χ0n) is 15.6. The predicted molar refractivity (Wildman–Crippen MR) is 107 cm³/mol. The van der Waals surface area contributed by atoms with Gasteiger partial charge >= 0.3 is 0 Å². The summed E-state index contributed by atoms with van der Waals surface area (Å²) in [6, 6.07) is 14.3. The smallest absolute Gasteiger partial charge is 0.292 e. The van der Waals surface area contributed by atoms with Gasteiger partial charge in [-0.3, -0.25) is 24.3 Å². The fourth-order valence-electron chi connectivity index (χ4n) is 2.67. The number of ether oxygens (including phenoxy) is 1. The fourth-order valence-corrected chi connectivity index (χ4v) is 2.67. The van der Waals surface area contributed by atoms with Crippen molar-refractivity contribution in [2.75, 3.05) is 11.9 Å². The molecule has 29 heavy (non-hydrogen) atoms. The van der Waals surface area contributed by atoms with Crippen LogP contribution in [-0.2, 0) is 11.3 Å². The maximum atomic E-state index is 12.4. The summed E-state index contributed by atoms with van der Waals surface area (Å²) in [5.41, 5.74) is 0.628. The normalized spacial score (nSPS) is 10.4. The van der Waals surface area contributed by atoms with Crippen LogP contribution in [0.2, 0.25) is 0 Å². The third kappa shape index (κ3) is 4.83. The second-order valence-electron chi connectivity index (χ2n) is 6.02. The Bertz CT molecular complexity index is 1090. The van der Waals surface area contributed by atoms with Crippen LogP contribution in [-0.4, -0.2) is 27.0 Å². The summed E-state index contributed by atoms with van der Waals surface area (Å²) in [7, 11) is 0. The summed E-state index contributed by atoms with van der Waals surface area (Å²) in [5.74, 6) is 0.147. The van der Waals surface area contributed by atoms with Gasteiger partial charge in [-0.05, 0) is 37.3 Å². The number of nitro benzene ring substituents is 1. The standard InChI is InChI=1S/C20H18N4O5/c1-2-29-15-9-7-14(8-10-15)17-11-20(26)23(13-21-17)12-19(25)22-16-5-3-4-6-18(16)24(27)28/h3-11,13H,2,12H2,1H3,(H,22,25). The van der Waals surface area contributed by atoms with Crippen molar-refractivity contribution in [1.82, 2.24) is 9.55 Å².